The zero-order valence-electron chi connectivity index (χ0n) is 61.3. The molecule has 0 saturated carbocycles. The van der Waals surface area contributed by atoms with Crippen LogP contribution in [-0.2, 0) is 91.6 Å². The molecule has 0 spiro atoms. The predicted octanol–water partition coefficient (Wildman–Crippen LogP) is 8.16. The summed E-state index contributed by atoms with van der Waals surface area (Å²) in [4.78, 5) is 26.3. The summed E-state index contributed by atoms with van der Waals surface area (Å²) in [5, 5.41) is 9.51. The van der Waals surface area contributed by atoms with E-state index in [0.717, 1.165) is 216 Å². The minimum absolute atomic E-state index is 0.0251. The number of ether oxygens (including phenoxy) is 2. The van der Waals surface area contributed by atoms with E-state index < -0.39 is 50.3 Å². The third-order valence-electron chi connectivity index (χ3n) is 23.0. The van der Waals surface area contributed by atoms with Crippen LogP contribution in [0.15, 0.2) is 80.5 Å². The second-order valence-corrected chi connectivity index (χ2v) is 37.6. The molecule has 0 amide bonds. The second-order valence-electron chi connectivity index (χ2n) is 30.1. The van der Waals surface area contributed by atoms with Crippen molar-refractivity contribution in [1.29, 1.82) is 0 Å². The molecule has 10 aliphatic heterocycles. The van der Waals surface area contributed by atoms with Crippen LogP contribution in [0.3, 0.4) is 0 Å². The van der Waals surface area contributed by atoms with Crippen LogP contribution in [0.2, 0.25) is 21.1 Å². The van der Waals surface area contributed by atoms with Gasteiger partial charge in [0.2, 0.25) is 47.8 Å². The first-order valence-electron chi connectivity index (χ1n) is 38.6. The summed E-state index contributed by atoms with van der Waals surface area (Å²) in [6.07, 6.45) is 19.0. The van der Waals surface area contributed by atoms with Crippen molar-refractivity contribution in [3.63, 3.8) is 0 Å². The van der Waals surface area contributed by atoms with E-state index in [4.69, 9.17) is 55.9 Å². The Morgan fingerprint density at radius 3 is 1.37 bits per heavy atom. The standard InChI is InChI=1S/2C39H41Cl2N7O6S2/c40-37-44-38(41)46-39(45-37)42-14-2-1-3-15-43-55(49,50)25-12-13-26(31(22-25)56(51,52)53)32-29-20-23-8-4-16-47-18-6-10-27(33(23)47)35(29)54-36-28-11-7-19-48-17-5-9-24(34(28)48)21-30(32)36;40-37-44-38(41)46-39(45-37)55(49,50)43-15-3-1-2-14-42-31-22-25(56(51,52)53)12-13-26(31)32-29-20-23-8-4-16-47-18-6-10-27(33(23)47)35(29)54-36-28-11-7-19-48-17-5-9-24(34(28)48)21-30(32)36/h12-13,20-22,43H,1-11,14-19H2,(H-,42,44,45,46,51,52,53);12-13,20-22,43H,1-11,14-19H2,(H,51,52,53). The van der Waals surface area contributed by atoms with Gasteiger partial charge in [0.05, 0.1) is 25.8 Å². The number of sulfonamides is 2. The lowest BCUT2D eigenvalue weighted by Gasteiger charge is -2.39. The minimum atomic E-state index is -5.15. The molecule has 0 atom stereocenters. The fourth-order valence-electron chi connectivity index (χ4n) is 18.4. The van der Waals surface area contributed by atoms with E-state index in [9.17, 15) is 42.8 Å². The fraction of sp³-hybridized carbons (Fsp3) is 0.436. The number of unbranched alkanes of at least 4 members (excludes halogenated alkanes) is 4. The van der Waals surface area contributed by atoms with Crippen LogP contribution in [-0.4, -0.2) is 151 Å². The third kappa shape index (κ3) is 15.0. The summed E-state index contributed by atoms with van der Waals surface area (Å²) in [5.74, 6) is 3.45. The molecule has 0 fully saturated rings. The summed E-state index contributed by atoms with van der Waals surface area (Å²) in [6, 6.07) is 17.4. The number of anilines is 4. The van der Waals surface area contributed by atoms with Crippen molar-refractivity contribution in [3.8, 4) is 23.0 Å². The number of nitrogens with one attached hydrogen (secondary N) is 4. The monoisotopic (exact) mass is 1670 g/mol. The number of hydrogen-bond donors (Lipinski definition) is 4. The van der Waals surface area contributed by atoms with Crippen LogP contribution < -0.4 is 69.7 Å². The first-order chi connectivity index (χ1) is 53.9. The molecule has 4 N–H and O–H groups in total. The van der Waals surface area contributed by atoms with Crippen LogP contribution in [0, 0.1) is 0 Å². The van der Waals surface area contributed by atoms with Gasteiger partial charge in [-0.05, 0) is 209 Å². The van der Waals surface area contributed by atoms with Gasteiger partial charge in [-0.25, -0.2) is 52.3 Å². The molecule has 18 rings (SSSR count). The Bertz CT molecular complexity index is 5990. The van der Waals surface area contributed by atoms with Gasteiger partial charge in [0, 0.05) is 161 Å². The number of aromatic nitrogens is 6. The zero-order chi connectivity index (χ0) is 77.5. The molecule has 6 aromatic carbocycles. The van der Waals surface area contributed by atoms with Crippen molar-refractivity contribution in [2.75, 3.05) is 99.0 Å². The number of aryl methyl sites for hydroxylation is 4. The average Bonchev–Trinajstić information content (AvgIpc) is 0.711. The molecule has 12 heterocycles. The highest BCUT2D eigenvalue weighted by molar-refractivity contribution is 7.90. The summed E-state index contributed by atoms with van der Waals surface area (Å²) in [5.41, 5.74) is 17.1. The Balaban J connectivity index is 0.000000163. The molecule has 0 saturated heterocycles. The molecule has 2 aromatic heterocycles. The van der Waals surface area contributed by atoms with Gasteiger partial charge in [0.1, 0.15) is 69.4 Å². The lowest BCUT2D eigenvalue weighted by Crippen LogP contribution is -2.45. The van der Waals surface area contributed by atoms with Gasteiger partial charge in [0.25, 0.3) is 15.2 Å². The van der Waals surface area contributed by atoms with E-state index in [1.54, 1.807) is 6.07 Å². The smallest absolute Gasteiger partial charge is 0.276 e. The van der Waals surface area contributed by atoms with Crippen LogP contribution >= 0.6 is 46.4 Å². The van der Waals surface area contributed by atoms with Crippen LogP contribution in [0.4, 0.5) is 23.0 Å². The molecular formula is C78H82Cl4N14O12S4. The van der Waals surface area contributed by atoms with Gasteiger partial charge >= 0.3 is 0 Å². The summed E-state index contributed by atoms with van der Waals surface area (Å²) in [7, 11) is -18.1. The van der Waals surface area contributed by atoms with Crippen molar-refractivity contribution >= 4 is 121 Å². The Labute approximate surface area is 669 Å². The van der Waals surface area contributed by atoms with Crippen LogP contribution in [0.5, 0.6) is 23.0 Å². The Kier molecular flexibility index (Phi) is 21.4. The molecule has 0 bridgehead atoms. The van der Waals surface area contributed by atoms with E-state index in [-0.39, 0.29) is 55.5 Å². The summed E-state index contributed by atoms with van der Waals surface area (Å²) in [6.45, 7) is 9.23. The maximum absolute atomic E-state index is 13.6. The molecular weight excluding hydrogens is 1600 g/mol. The van der Waals surface area contributed by atoms with Gasteiger partial charge in [-0.1, -0.05) is 25.0 Å². The van der Waals surface area contributed by atoms with E-state index in [1.807, 2.05) is 0 Å². The molecule has 588 valence electrons. The van der Waals surface area contributed by atoms with Crippen molar-refractivity contribution in [2.24, 2.45) is 0 Å². The molecule has 0 radical (unpaired) electrons. The van der Waals surface area contributed by atoms with E-state index in [1.165, 1.54) is 79.7 Å². The molecule has 10 aliphatic rings. The second kappa shape index (κ2) is 31.1. The van der Waals surface area contributed by atoms with Crippen molar-refractivity contribution in [1.82, 2.24) is 48.5 Å². The van der Waals surface area contributed by atoms with E-state index >= 15 is 0 Å². The van der Waals surface area contributed by atoms with Gasteiger partial charge < -0.3 is 39.0 Å². The van der Waals surface area contributed by atoms with Crippen LogP contribution in [0.1, 0.15) is 157 Å². The topological polar surface area (TPSA) is 339 Å². The van der Waals surface area contributed by atoms with Gasteiger partial charge in [-0.3, -0.25) is 0 Å². The molecule has 8 aromatic rings. The van der Waals surface area contributed by atoms with E-state index in [0.29, 0.717) is 74.4 Å². The molecule has 26 nitrogen and oxygen atoms in total. The largest absolute Gasteiger partial charge is 0.744 e. The lowest BCUT2D eigenvalue weighted by atomic mass is 9.82. The highest BCUT2D eigenvalue weighted by Gasteiger charge is 2.40. The number of fused-ring (bicyclic) bond motifs is 8. The van der Waals surface area contributed by atoms with Gasteiger partial charge in [0.15, 0.2) is 0 Å². The van der Waals surface area contributed by atoms with Crippen molar-refractivity contribution < 1.29 is 52.3 Å². The van der Waals surface area contributed by atoms with Gasteiger partial charge in [-0.15, -0.1) is 0 Å². The van der Waals surface area contributed by atoms with Gasteiger partial charge in [-0.2, -0.15) is 29.9 Å². The Hall–Kier alpha value is -7.72. The number of rotatable bonds is 22. The third-order valence-corrected chi connectivity index (χ3v) is 28.1. The lowest BCUT2D eigenvalue weighted by molar-refractivity contribution is 0.431. The highest BCUT2D eigenvalue weighted by Crippen LogP contribution is 2.52. The predicted molar refractivity (Wildman–Crippen MR) is 424 cm³/mol. The first kappa shape index (κ1) is 76.9. The minimum Gasteiger partial charge on any atom is -0.744 e. The first-order valence-corrected chi connectivity index (χ1v) is 45.9. The summed E-state index contributed by atoms with van der Waals surface area (Å²) >= 11 is 23.2. The van der Waals surface area contributed by atoms with E-state index in [2.05, 4.69) is 93.2 Å². The normalized spacial score (nSPS) is 17.1. The molecule has 112 heavy (non-hydrogen) atoms. The number of halogens is 4. The van der Waals surface area contributed by atoms with Crippen LogP contribution in [0.25, 0.3) is 11.1 Å². The fourth-order valence-corrected chi connectivity index (χ4v) is 22.6. The number of hydrogen-bond acceptors (Lipinski definition) is 22. The Morgan fingerprint density at radius 1 is 0.411 bits per heavy atom. The Morgan fingerprint density at radius 2 is 0.848 bits per heavy atom. The average molecular weight is 1680 g/mol. The molecule has 0 aliphatic carbocycles. The maximum Gasteiger partial charge on any atom is 0.276 e. The molecule has 0 unspecified atom stereocenters. The van der Waals surface area contributed by atoms with Crippen molar-refractivity contribution in [2.45, 2.75) is 161 Å². The van der Waals surface area contributed by atoms with Crippen molar-refractivity contribution in [3.05, 3.63) is 170 Å². The summed E-state index contributed by atoms with van der Waals surface area (Å²) < 4.78 is 154. The number of nitrogens with zero attached hydrogens (tertiary/aromatic N) is 10. The molecule has 34 heteroatoms. The SMILES string of the molecule is O=S(=O)([O-])c1cc(S(=O)(=O)NCCCCCNc2nc(Cl)nc(Cl)n2)ccc1C1=c2cc3c4c(c2Oc2c1cc1c5c2CCCN5CCC1)CCC[N+]=4CCC3.O=S(=O)([O-])c1ccc(C2=c3cc4c5c(c3Oc3c2cc2c6c3CCCN6CCC2)CCC[N+]=5CCC4)c(NCCCCCNS(=O)(=O)c2nc(Cl)nc(Cl)n2)c1. The highest BCUT2D eigenvalue weighted by atomic mass is 35.5. The zero-order valence-corrected chi connectivity index (χ0v) is 67.6. The quantitative estimate of drug-likeness (QED) is 0.0282. The maximum atomic E-state index is 13.6. The number of benzene rings is 6.